The van der Waals surface area contributed by atoms with E-state index in [2.05, 4.69) is 5.09 Å². The van der Waals surface area contributed by atoms with Gasteiger partial charge in [0.25, 0.3) is 5.56 Å². The summed E-state index contributed by atoms with van der Waals surface area (Å²) in [5.41, 5.74) is -5.10. The Morgan fingerprint density at radius 3 is 2.70 bits per heavy atom. The van der Waals surface area contributed by atoms with Crippen LogP contribution in [0.25, 0.3) is 10.8 Å². The van der Waals surface area contributed by atoms with Crippen molar-refractivity contribution in [1.82, 2.24) is 14.6 Å². The summed E-state index contributed by atoms with van der Waals surface area (Å²) in [6.07, 6.45) is -6.90. The molecule has 14 heteroatoms. The summed E-state index contributed by atoms with van der Waals surface area (Å²) in [4.78, 5) is 38.4. The van der Waals surface area contributed by atoms with Crippen LogP contribution in [0.2, 0.25) is 0 Å². The van der Waals surface area contributed by atoms with Gasteiger partial charge in [0, 0.05) is 17.6 Å². The number of carbonyl (C=O) groups is 1. The van der Waals surface area contributed by atoms with Crippen molar-refractivity contribution in [1.29, 1.82) is 0 Å². The molecule has 3 aromatic rings. The molecule has 3 N–H and O–H groups in total. The van der Waals surface area contributed by atoms with Crippen LogP contribution in [0.3, 0.4) is 0 Å². The summed E-state index contributed by atoms with van der Waals surface area (Å²) < 4.78 is 68.0. The average Bonchev–Trinajstić information content (AvgIpc) is 3.14. The van der Waals surface area contributed by atoms with Gasteiger partial charge in [-0.2, -0.15) is 5.09 Å². The van der Waals surface area contributed by atoms with Gasteiger partial charge in [0.15, 0.2) is 11.9 Å². The Morgan fingerprint density at radius 2 is 1.98 bits per heavy atom. The van der Waals surface area contributed by atoms with E-state index in [9.17, 15) is 24.1 Å². The summed E-state index contributed by atoms with van der Waals surface area (Å²) >= 11 is 0. The lowest BCUT2D eigenvalue weighted by Crippen LogP contribution is -2.43. The van der Waals surface area contributed by atoms with E-state index in [0.717, 1.165) is 12.3 Å². The van der Waals surface area contributed by atoms with Crippen molar-refractivity contribution in [3.63, 3.8) is 0 Å². The quantitative estimate of drug-likeness (QED) is 0.240. The van der Waals surface area contributed by atoms with E-state index in [1.165, 1.54) is 13.0 Å². The molecular formula is C26H31FN3O9P. The second-order valence-electron chi connectivity index (χ2n) is 9.69. The zero-order chi connectivity index (χ0) is 31.0. The number of benzene rings is 2. The van der Waals surface area contributed by atoms with Crippen LogP contribution in [-0.4, -0.2) is 57.3 Å². The predicted molar refractivity (Wildman–Crippen MR) is 143 cm³/mol. The number of alkyl halides is 1. The minimum Gasteiger partial charge on any atom is -0.462 e. The van der Waals surface area contributed by atoms with Gasteiger partial charge >= 0.3 is 19.4 Å². The monoisotopic (exact) mass is 581 g/mol. The number of hydrogen-bond donors (Lipinski definition) is 3. The van der Waals surface area contributed by atoms with Crippen molar-refractivity contribution < 1.29 is 40.1 Å². The first-order valence-corrected chi connectivity index (χ1v) is 13.9. The minimum absolute atomic E-state index is 0.135. The number of hydrogen-bond acceptors (Lipinski definition) is 9. The van der Waals surface area contributed by atoms with Crippen LogP contribution in [0.1, 0.15) is 36.7 Å². The average molecular weight is 582 g/mol. The molecule has 40 heavy (non-hydrogen) atoms. The highest BCUT2D eigenvalue weighted by atomic mass is 31.2. The molecule has 0 saturated carbocycles. The van der Waals surface area contributed by atoms with Crippen molar-refractivity contribution in [2.24, 2.45) is 0 Å². The Balaban J connectivity index is 1.63. The highest BCUT2D eigenvalue weighted by molar-refractivity contribution is 7.52. The fraction of sp³-hybridized carbons (Fsp3) is 0.423. The molecule has 2 heterocycles. The Kier molecular flexibility index (Phi) is 7.81. The number of aromatic amines is 1. The number of aromatic nitrogens is 2. The van der Waals surface area contributed by atoms with E-state index in [4.69, 9.17) is 21.3 Å². The number of esters is 1. The summed E-state index contributed by atoms with van der Waals surface area (Å²) in [7, 11) is -4.49. The van der Waals surface area contributed by atoms with Gasteiger partial charge in [-0.05, 0) is 39.1 Å². The van der Waals surface area contributed by atoms with Crippen LogP contribution in [0.5, 0.6) is 5.75 Å². The molecule has 1 saturated heterocycles. The first kappa shape index (κ1) is 26.9. The molecule has 0 radical (unpaired) electrons. The maximum absolute atomic E-state index is 15.8. The number of aliphatic hydroxyl groups excluding tert-OH is 1. The maximum Gasteiger partial charge on any atom is 0.459 e. The molecule has 1 aliphatic rings. The van der Waals surface area contributed by atoms with Gasteiger partial charge in [-0.25, -0.2) is 13.8 Å². The second kappa shape index (κ2) is 11.6. The SMILES string of the molecule is [2H]c1c([2H])n([C@@H]2O[C@H](COP(=O)(NC(C)C(=O)OC(C)C)Oc3cccc4ccccc34)[C@@H](O)[C@@]2(C)F)c(=O)[nH]c1=O. The molecule has 0 amide bonds. The van der Waals surface area contributed by atoms with Crippen molar-refractivity contribution in [2.75, 3.05) is 6.61 Å². The summed E-state index contributed by atoms with van der Waals surface area (Å²) in [5.74, 6) is -0.619. The van der Waals surface area contributed by atoms with Gasteiger partial charge in [0.05, 0.1) is 15.5 Å². The van der Waals surface area contributed by atoms with E-state index in [-0.39, 0.29) is 5.75 Å². The molecule has 1 fully saturated rings. The molecule has 0 spiro atoms. The zero-order valence-electron chi connectivity index (χ0n) is 24.1. The van der Waals surface area contributed by atoms with Crippen molar-refractivity contribution in [3.05, 3.63) is 75.5 Å². The maximum atomic E-state index is 15.8. The van der Waals surface area contributed by atoms with E-state index in [1.54, 1.807) is 55.2 Å². The number of fused-ring (bicyclic) bond motifs is 1. The lowest BCUT2D eigenvalue weighted by atomic mass is 9.98. The third-order valence-corrected chi connectivity index (χ3v) is 7.74. The molecular weight excluding hydrogens is 548 g/mol. The van der Waals surface area contributed by atoms with E-state index >= 15 is 4.39 Å². The van der Waals surface area contributed by atoms with Gasteiger partial charge in [0.2, 0.25) is 0 Å². The molecule has 2 unspecified atom stereocenters. The van der Waals surface area contributed by atoms with Crippen LogP contribution >= 0.6 is 7.75 Å². The van der Waals surface area contributed by atoms with Gasteiger partial charge in [-0.15, -0.1) is 0 Å². The zero-order valence-corrected chi connectivity index (χ0v) is 23.0. The second-order valence-corrected chi connectivity index (χ2v) is 11.4. The van der Waals surface area contributed by atoms with Crippen molar-refractivity contribution in [2.45, 2.75) is 63.9 Å². The van der Waals surface area contributed by atoms with Gasteiger partial charge < -0.3 is 19.1 Å². The highest BCUT2D eigenvalue weighted by Crippen LogP contribution is 2.48. The van der Waals surface area contributed by atoms with Crippen molar-refractivity contribution in [3.8, 4) is 5.75 Å². The highest BCUT2D eigenvalue weighted by Gasteiger charge is 2.56. The Labute approximate surface area is 231 Å². The molecule has 1 aliphatic heterocycles. The van der Waals surface area contributed by atoms with Crippen LogP contribution in [0, 0.1) is 0 Å². The first-order valence-electron chi connectivity index (χ1n) is 13.4. The van der Waals surface area contributed by atoms with Gasteiger partial charge in [-0.1, -0.05) is 36.4 Å². The number of H-pyrrole nitrogens is 1. The number of nitrogens with zero attached hydrogens (tertiary/aromatic N) is 1. The molecule has 2 aromatic carbocycles. The molecule has 0 aliphatic carbocycles. The third-order valence-electron chi connectivity index (χ3n) is 6.11. The molecule has 0 bridgehead atoms. The molecule has 1 aromatic heterocycles. The van der Waals surface area contributed by atoms with Crippen LogP contribution in [0.15, 0.2) is 64.3 Å². The number of carbonyl (C=O) groups excluding carboxylic acids is 1. The number of rotatable bonds is 10. The number of nitrogens with one attached hydrogen (secondary N) is 2. The standard InChI is InChI=1S/C26H31FN3O9P/c1-15(2)37-23(33)16(3)29-40(35,39-19-11-7-9-17-8-5-6-10-18(17)19)36-14-20-22(32)26(4,27)24(38-20)30-13-12-21(31)28-25(30)34/h5-13,15-16,20,22,24,32H,14H2,1-4H3,(H,29,35)(H,28,31,34)/t16?,20-,22-,24-,26-,40?/m1/s1/i12D,13D. The number of halogens is 1. The first-order chi connectivity index (χ1) is 19.6. The lowest BCUT2D eigenvalue weighted by Gasteiger charge is -2.26. The molecule has 4 rings (SSSR count). The normalized spacial score (nSPS) is 25.7. The smallest absolute Gasteiger partial charge is 0.459 e. The number of ether oxygens (including phenoxy) is 2. The summed E-state index contributed by atoms with van der Waals surface area (Å²) in [5, 5.41) is 14.6. The summed E-state index contributed by atoms with van der Waals surface area (Å²) in [6, 6.07) is 9.94. The minimum atomic E-state index is -4.49. The molecule has 216 valence electrons. The fourth-order valence-electron chi connectivity index (χ4n) is 4.13. The summed E-state index contributed by atoms with van der Waals surface area (Å²) in [6.45, 7) is 4.78. The van der Waals surface area contributed by atoms with Crippen LogP contribution in [-0.2, 0) is 23.4 Å². The Bertz CT molecular complexity index is 1640. The topological polar surface area (TPSA) is 158 Å². The Hall–Kier alpha value is -3.35. The van der Waals surface area contributed by atoms with Gasteiger partial charge in [-0.3, -0.25) is 23.7 Å². The number of aliphatic hydroxyl groups is 1. The van der Waals surface area contributed by atoms with E-state index < -0.39 is 80.0 Å². The molecule has 6 atom stereocenters. The van der Waals surface area contributed by atoms with Crippen molar-refractivity contribution >= 4 is 24.5 Å². The Morgan fingerprint density at radius 1 is 1.27 bits per heavy atom. The largest absolute Gasteiger partial charge is 0.462 e. The van der Waals surface area contributed by atoms with Crippen LogP contribution in [0.4, 0.5) is 4.39 Å². The lowest BCUT2D eigenvalue weighted by molar-refractivity contribution is -0.149. The fourth-order valence-corrected chi connectivity index (χ4v) is 5.65. The predicted octanol–water partition coefficient (Wildman–Crippen LogP) is 2.81. The molecule has 12 nitrogen and oxygen atoms in total. The van der Waals surface area contributed by atoms with Gasteiger partial charge in [0.1, 0.15) is 24.0 Å². The van der Waals surface area contributed by atoms with E-state index in [1.807, 2.05) is 0 Å². The van der Waals surface area contributed by atoms with E-state index in [0.29, 0.717) is 9.95 Å². The third kappa shape index (κ3) is 6.34. The van der Waals surface area contributed by atoms with Crippen LogP contribution < -0.4 is 20.9 Å².